The van der Waals surface area contributed by atoms with Crippen LogP contribution < -0.4 is 4.90 Å². The van der Waals surface area contributed by atoms with Crippen LogP contribution in [0.15, 0.2) is 27.8 Å². The third-order valence-electron chi connectivity index (χ3n) is 5.32. The number of carbonyl (C=O) groups is 1. The summed E-state index contributed by atoms with van der Waals surface area (Å²) in [6.07, 6.45) is 0. The van der Waals surface area contributed by atoms with Crippen molar-refractivity contribution in [3.05, 3.63) is 40.5 Å². The molecule has 154 valence electrons. The van der Waals surface area contributed by atoms with E-state index in [0.717, 1.165) is 28.4 Å². The maximum atomic E-state index is 12.8. The number of thiophene rings is 1. The summed E-state index contributed by atoms with van der Waals surface area (Å²) in [6.45, 7) is 7.85. The molecule has 9 heteroatoms. The number of methoxy groups -OCH3 is 1. The second-order valence-corrected chi connectivity index (χ2v) is 10.2. The van der Waals surface area contributed by atoms with Crippen LogP contribution in [-0.4, -0.2) is 69.5 Å². The number of rotatable bonds is 8. The number of aryl methyl sites for hydroxylation is 1. The molecule has 1 aliphatic heterocycles. The van der Waals surface area contributed by atoms with Gasteiger partial charge in [0.05, 0.1) is 32.8 Å². The van der Waals surface area contributed by atoms with Gasteiger partial charge in [0.2, 0.25) is 5.78 Å². The Bertz CT molecular complexity index is 911. The average molecular weight is 427 g/mol. The van der Waals surface area contributed by atoms with Crippen molar-refractivity contribution in [2.24, 2.45) is 0 Å². The predicted octanol–water partition coefficient (Wildman–Crippen LogP) is 0.585. The first-order chi connectivity index (χ1) is 13.3. The van der Waals surface area contributed by atoms with Crippen LogP contribution >= 0.6 is 11.3 Å². The van der Waals surface area contributed by atoms with E-state index in [2.05, 4.69) is 4.57 Å². The number of aromatic nitrogens is 1. The molecule has 7 nitrogen and oxygen atoms in total. The highest BCUT2D eigenvalue weighted by atomic mass is 32.2. The number of carbonyl (C=O) groups excluding carboxylic acids is 1. The fourth-order valence-corrected chi connectivity index (χ4v) is 6.28. The van der Waals surface area contributed by atoms with Crippen LogP contribution in [0.5, 0.6) is 0 Å². The third kappa shape index (κ3) is 4.38. The lowest BCUT2D eigenvalue weighted by atomic mass is 10.1. The topological polar surface area (TPSA) is 73.1 Å². The van der Waals surface area contributed by atoms with Gasteiger partial charge in [-0.1, -0.05) is 6.07 Å². The normalized spacial score (nSPS) is 16.5. The van der Waals surface area contributed by atoms with Gasteiger partial charge in [0.25, 0.3) is 10.0 Å². The molecule has 0 unspecified atom stereocenters. The van der Waals surface area contributed by atoms with Crippen molar-refractivity contribution in [3.63, 3.8) is 0 Å². The van der Waals surface area contributed by atoms with Gasteiger partial charge in [-0.15, -0.1) is 11.3 Å². The quantitative estimate of drug-likeness (QED) is 0.627. The lowest BCUT2D eigenvalue weighted by molar-refractivity contribution is -0.895. The lowest BCUT2D eigenvalue weighted by Gasteiger charge is -2.30. The molecule has 0 bridgehead atoms. The van der Waals surface area contributed by atoms with E-state index < -0.39 is 10.0 Å². The Morgan fingerprint density at radius 3 is 2.61 bits per heavy atom. The number of sulfonamides is 1. The van der Waals surface area contributed by atoms with Crippen molar-refractivity contribution in [2.45, 2.75) is 24.6 Å². The minimum absolute atomic E-state index is 0.112. The average Bonchev–Trinajstić information content (AvgIpc) is 3.30. The molecule has 3 heterocycles. The highest BCUT2D eigenvalue weighted by Crippen LogP contribution is 2.20. The summed E-state index contributed by atoms with van der Waals surface area (Å²) in [5.74, 6) is 0.112. The van der Waals surface area contributed by atoms with E-state index in [9.17, 15) is 13.2 Å². The first kappa shape index (κ1) is 21.2. The molecular weight excluding hydrogens is 398 g/mol. The van der Waals surface area contributed by atoms with Gasteiger partial charge in [0, 0.05) is 30.6 Å². The van der Waals surface area contributed by atoms with Crippen molar-refractivity contribution < 1.29 is 22.8 Å². The van der Waals surface area contributed by atoms with Crippen LogP contribution in [0.25, 0.3) is 0 Å². The molecule has 0 aromatic carbocycles. The van der Waals surface area contributed by atoms with E-state index in [-0.39, 0.29) is 5.78 Å². The number of hydrogen-bond donors (Lipinski definition) is 1. The van der Waals surface area contributed by atoms with Gasteiger partial charge < -0.3 is 14.2 Å². The first-order valence-electron chi connectivity index (χ1n) is 9.40. The zero-order chi connectivity index (χ0) is 20.3. The van der Waals surface area contributed by atoms with Gasteiger partial charge in [0.15, 0.2) is 0 Å². The molecule has 3 rings (SSSR count). The zero-order valence-corrected chi connectivity index (χ0v) is 18.2. The van der Waals surface area contributed by atoms with Gasteiger partial charge in [-0.3, -0.25) is 4.79 Å². The molecule has 0 aliphatic carbocycles. The fourth-order valence-electron chi connectivity index (χ4n) is 3.69. The van der Waals surface area contributed by atoms with Crippen LogP contribution in [0.3, 0.4) is 0 Å². The van der Waals surface area contributed by atoms with Gasteiger partial charge in [-0.2, -0.15) is 4.31 Å². The number of piperazine rings is 1. The van der Waals surface area contributed by atoms with E-state index in [1.807, 2.05) is 19.9 Å². The molecule has 1 fully saturated rings. The Morgan fingerprint density at radius 1 is 1.29 bits per heavy atom. The molecule has 0 radical (unpaired) electrons. The number of ketones is 1. The van der Waals surface area contributed by atoms with Crippen LogP contribution in [0.4, 0.5) is 0 Å². The lowest BCUT2D eigenvalue weighted by Crippen LogP contribution is -3.15. The van der Waals surface area contributed by atoms with Crippen molar-refractivity contribution in [3.8, 4) is 0 Å². The summed E-state index contributed by atoms with van der Waals surface area (Å²) in [6, 6.07) is 5.34. The smallest absolute Gasteiger partial charge is 0.252 e. The van der Waals surface area contributed by atoms with E-state index in [4.69, 9.17) is 4.74 Å². The Balaban J connectivity index is 1.60. The van der Waals surface area contributed by atoms with Gasteiger partial charge >= 0.3 is 0 Å². The Hall–Kier alpha value is -1.52. The number of nitrogens with one attached hydrogen (secondary N) is 1. The number of nitrogens with zero attached hydrogens (tertiary/aromatic N) is 2. The molecule has 1 aliphatic rings. The molecule has 2 aromatic rings. The Kier molecular flexibility index (Phi) is 6.72. The molecule has 0 atom stereocenters. The predicted molar refractivity (Wildman–Crippen MR) is 109 cm³/mol. The van der Waals surface area contributed by atoms with Crippen molar-refractivity contribution in [1.29, 1.82) is 0 Å². The Labute approximate surface area is 170 Å². The third-order valence-corrected chi connectivity index (χ3v) is 8.59. The number of hydrogen-bond acceptors (Lipinski definition) is 5. The highest BCUT2D eigenvalue weighted by molar-refractivity contribution is 7.91. The standard InChI is InChI=1S/C19H27N3O4S2/c1-15-13-17(16(2)22(15)10-11-26-3)18(23)14-20-6-8-21(9-7-20)28(24,25)19-5-4-12-27-19/h4-5,12-13H,6-11,14H2,1-3H3/p+1. The molecule has 0 amide bonds. The van der Waals surface area contributed by atoms with Crippen LogP contribution in [-0.2, 0) is 21.3 Å². The maximum absolute atomic E-state index is 12.8. The molecule has 28 heavy (non-hydrogen) atoms. The van der Waals surface area contributed by atoms with Gasteiger partial charge in [-0.25, -0.2) is 8.42 Å². The summed E-state index contributed by atoms with van der Waals surface area (Å²) in [5, 5.41) is 1.77. The van der Waals surface area contributed by atoms with E-state index in [1.165, 1.54) is 15.6 Å². The first-order valence-corrected chi connectivity index (χ1v) is 11.7. The fraction of sp³-hybridized carbons (Fsp3) is 0.526. The monoisotopic (exact) mass is 426 g/mol. The second kappa shape index (κ2) is 8.87. The van der Waals surface area contributed by atoms with Crippen molar-refractivity contribution in [2.75, 3.05) is 46.4 Å². The summed E-state index contributed by atoms with van der Waals surface area (Å²) in [5.41, 5.74) is 2.78. The maximum Gasteiger partial charge on any atom is 0.252 e. The van der Waals surface area contributed by atoms with Crippen LogP contribution in [0, 0.1) is 13.8 Å². The summed E-state index contributed by atoms with van der Waals surface area (Å²) in [4.78, 5) is 14.0. The van der Waals surface area contributed by atoms with E-state index in [0.29, 0.717) is 43.5 Å². The number of ether oxygens (including phenoxy) is 1. The van der Waals surface area contributed by atoms with Crippen LogP contribution in [0.1, 0.15) is 21.7 Å². The highest BCUT2D eigenvalue weighted by Gasteiger charge is 2.32. The molecule has 0 saturated carbocycles. The number of quaternary nitrogens is 1. The molecule has 0 spiro atoms. The van der Waals surface area contributed by atoms with Crippen molar-refractivity contribution in [1.82, 2.24) is 8.87 Å². The molecule has 1 N–H and O–H groups in total. The minimum Gasteiger partial charge on any atom is -0.383 e. The van der Waals surface area contributed by atoms with Crippen molar-refractivity contribution >= 4 is 27.1 Å². The SMILES string of the molecule is COCCn1c(C)cc(C(=O)C[NH+]2CCN(S(=O)(=O)c3cccs3)CC2)c1C. The summed E-state index contributed by atoms with van der Waals surface area (Å²) < 4.78 is 34.4. The summed E-state index contributed by atoms with van der Waals surface area (Å²) >= 11 is 1.24. The van der Waals surface area contributed by atoms with E-state index in [1.54, 1.807) is 24.6 Å². The largest absolute Gasteiger partial charge is 0.383 e. The van der Waals surface area contributed by atoms with Gasteiger partial charge in [-0.05, 0) is 31.4 Å². The Morgan fingerprint density at radius 2 is 2.00 bits per heavy atom. The zero-order valence-electron chi connectivity index (χ0n) is 16.6. The summed E-state index contributed by atoms with van der Waals surface area (Å²) in [7, 11) is -1.73. The molecular formula is C19H28N3O4S2+. The van der Waals surface area contributed by atoms with E-state index >= 15 is 0 Å². The molecule has 1 saturated heterocycles. The van der Waals surface area contributed by atoms with Gasteiger partial charge in [0.1, 0.15) is 10.8 Å². The molecule has 2 aromatic heterocycles. The minimum atomic E-state index is -3.40. The van der Waals surface area contributed by atoms with Crippen LogP contribution in [0.2, 0.25) is 0 Å². The number of Topliss-reactive ketones (excluding diaryl/α,β-unsaturated/α-hetero) is 1. The second-order valence-electron chi connectivity index (χ2n) is 7.12.